The number of carbonyl (C=O) groups excluding carboxylic acids is 3. The number of amides is 2. The number of benzene rings is 2. The van der Waals surface area contributed by atoms with Crippen LogP contribution in [0.1, 0.15) is 17.0 Å². The summed E-state index contributed by atoms with van der Waals surface area (Å²) in [5, 5.41) is 14.3. The van der Waals surface area contributed by atoms with Gasteiger partial charge in [0.25, 0.3) is 0 Å². The second kappa shape index (κ2) is 14.6. The highest BCUT2D eigenvalue weighted by Crippen LogP contribution is 2.44. The molecule has 0 unspecified atom stereocenters. The van der Waals surface area contributed by atoms with E-state index in [1.165, 1.54) is 12.2 Å². The highest BCUT2D eigenvalue weighted by Gasteiger charge is 2.30. The van der Waals surface area contributed by atoms with Crippen molar-refractivity contribution in [2.24, 2.45) is 0 Å². The summed E-state index contributed by atoms with van der Waals surface area (Å²) in [6.07, 6.45) is 1.00. The quantitative estimate of drug-likeness (QED) is 0.181. The summed E-state index contributed by atoms with van der Waals surface area (Å²) in [7, 11) is 0. The molecule has 1 aliphatic rings. The Balaban J connectivity index is 1.55. The molecule has 0 aromatic heterocycles. The van der Waals surface area contributed by atoms with Gasteiger partial charge in [-0.05, 0) is 22.3 Å². The fraction of sp³-hybridized carbons (Fsp3) is 0.286. The summed E-state index contributed by atoms with van der Waals surface area (Å²) >= 11 is 1.02. The van der Waals surface area contributed by atoms with E-state index >= 15 is 0 Å². The largest absolute Gasteiger partial charge is 0.480 e. The van der Waals surface area contributed by atoms with Crippen molar-refractivity contribution in [2.45, 2.75) is 18.0 Å². The standard InChI is InChI=1S/C28H30N2O8S/c1-3-13-36-26(33)24(30-27(34)37-14-4-2)17-39-16-23(25(31)32)29-28(35)38-15-22-20-11-7-5-9-18(20)19-10-6-8-12-21(19)22/h3-12,22-24H,1-2,13-17H2,(H,29,35)(H,30,34)(H,31,32)/t23-,24+/m0/s1. The van der Waals surface area contributed by atoms with Gasteiger partial charge in [0.15, 0.2) is 0 Å². The van der Waals surface area contributed by atoms with Crippen molar-refractivity contribution in [3.63, 3.8) is 0 Å². The number of carboxylic acid groups (broad SMARTS) is 1. The van der Waals surface area contributed by atoms with Gasteiger partial charge in [-0.15, -0.1) is 0 Å². The molecule has 206 valence electrons. The second-order valence-electron chi connectivity index (χ2n) is 8.40. The molecule has 3 rings (SSSR count). The number of esters is 1. The summed E-state index contributed by atoms with van der Waals surface area (Å²) < 4.78 is 15.3. The first-order chi connectivity index (χ1) is 18.8. The van der Waals surface area contributed by atoms with Gasteiger partial charge in [-0.1, -0.05) is 73.8 Å². The summed E-state index contributed by atoms with van der Waals surface area (Å²) in [4.78, 5) is 48.5. The van der Waals surface area contributed by atoms with E-state index in [0.29, 0.717) is 0 Å². The Kier molecular flexibility index (Phi) is 11.0. The Morgan fingerprint density at radius 1 is 0.821 bits per heavy atom. The topological polar surface area (TPSA) is 140 Å². The van der Waals surface area contributed by atoms with Crippen molar-refractivity contribution in [3.05, 3.63) is 85.0 Å². The highest BCUT2D eigenvalue weighted by atomic mass is 32.2. The molecule has 0 saturated carbocycles. The van der Waals surface area contributed by atoms with Gasteiger partial charge in [-0.2, -0.15) is 11.8 Å². The predicted octanol–water partition coefficient (Wildman–Crippen LogP) is 3.72. The van der Waals surface area contributed by atoms with Crippen LogP contribution in [-0.4, -0.2) is 72.6 Å². The van der Waals surface area contributed by atoms with Crippen LogP contribution >= 0.6 is 11.8 Å². The lowest BCUT2D eigenvalue weighted by molar-refractivity contribution is -0.144. The number of hydrogen-bond donors (Lipinski definition) is 3. The summed E-state index contributed by atoms with van der Waals surface area (Å²) in [6, 6.07) is 13.3. The third kappa shape index (κ3) is 8.11. The van der Waals surface area contributed by atoms with Crippen LogP contribution in [0.25, 0.3) is 11.1 Å². The number of nitrogens with one attached hydrogen (secondary N) is 2. The SMILES string of the molecule is C=CCOC(=O)N[C@H](CSC[C@H](NC(=O)OCC1c2ccccc2-c2ccccc21)C(=O)O)C(=O)OCC=C. The summed E-state index contributed by atoms with van der Waals surface area (Å²) in [5.74, 6) is -2.33. The number of carboxylic acids is 1. The number of ether oxygens (including phenoxy) is 3. The van der Waals surface area contributed by atoms with Gasteiger partial charge in [-0.3, -0.25) is 0 Å². The van der Waals surface area contributed by atoms with Crippen LogP contribution in [0.3, 0.4) is 0 Å². The molecule has 0 heterocycles. The smallest absolute Gasteiger partial charge is 0.408 e. The minimum absolute atomic E-state index is 0.0324. The van der Waals surface area contributed by atoms with E-state index in [9.17, 15) is 24.3 Å². The van der Waals surface area contributed by atoms with Crippen molar-refractivity contribution in [3.8, 4) is 11.1 Å². The van der Waals surface area contributed by atoms with Gasteiger partial charge < -0.3 is 30.0 Å². The van der Waals surface area contributed by atoms with Crippen molar-refractivity contribution in [1.29, 1.82) is 0 Å². The molecule has 2 aromatic carbocycles. The minimum Gasteiger partial charge on any atom is -0.480 e. The fourth-order valence-electron chi connectivity index (χ4n) is 3.99. The van der Waals surface area contributed by atoms with E-state index in [1.54, 1.807) is 0 Å². The maximum Gasteiger partial charge on any atom is 0.408 e. The van der Waals surface area contributed by atoms with Crippen LogP contribution in [0.15, 0.2) is 73.8 Å². The van der Waals surface area contributed by atoms with Gasteiger partial charge in [0, 0.05) is 17.4 Å². The lowest BCUT2D eigenvalue weighted by atomic mass is 9.98. The van der Waals surface area contributed by atoms with Gasteiger partial charge in [0.2, 0.25) is 0 Å². The number of carbonyl (C=O) groups is 4. The normalized spacial score (nSPS) is 13.1. The van der Waals surface area contributed by atoms with Crippen molar-refractivity contribution >= 4 is 35.9 Å². The number of alkyl carbamates (subject to hydrolysis) is 2. The molecular weight excluding hydrogens is 524 g/mol. The van der Waals surface area contributed by atoms with Crippen molar-refractivity contribution in [2.75, 3.05) is 31.3 Å². The van der Waals surface area contributed by atoms with Crippen molar-refractivity contribution < 1.29 is 38.5 Å². The summed E-state index contributed by atoms with van der Waals surface area (Å²) in [5.41, 5.74) is 4.21. The minimum atomic E-state index is -1.30. The molecule has 2 aromatic rings. The van der Waals surface area contributed by atoms with Gasteiger partial charge in [0.1, 0.15) is 31.9 Å². The first-order valence-electron chi connectivity index (χ1n) is 12.1. The highest BCUT2D eigenvalue weighted by molar-refractivity contribution is 7.99. The predicted molar refractivity (Wildman–Crippen MR) is 147 cm³/mol. The van der Waals surface area contributed by atoms with Crippen LogP contribution < -0.4 is 10.6 Å². The van der Waals surface area contributed by atoms with Crippen LogP contribution in [0, 0.1) is 0 Å². The molecule has 11 heteroatoms. The van der Waals surface area contributed by atoms with E-state index in [-0.39, 0.29) is 37.2 Å². The van der Waals surface area contributed by atoms with Crippen LogP contribution in [0.2, 0.25) is 0 Å². The molecule has 2 amide bonds. The first-order valence-corrected chi connectivity index (χ1v) is 13.2. The Morgan fingerprint density at radius 3 is 1.92 bits per heavy atom. The zero-order chi connectivity index (χ0) is 28.2. The number of rotatable bonds is 14. The molecule has 1 aliphatic carbocycles. The van der Waals surface area contributed by atoms with E-state index in [0.717, 1.165) is 34.0 Å². The van der Waals surface area contributed by atoms with Gasteiger partial charge in [-0.25, -0.2) is 19.2 Å². The fourth-order valence-corrected chi connectivity index (χ4v) is 5.04. The second-order valence-corrected chi connectivity index (χ2v) is 9.48. The number of fused-ring (bicyclic) bond motifs is 3. The number of aliphatic carboxylic acids is 1. The summed E-state index contributed by atoms with van der Waals surface area (Å²) in [6.45, 7) is 6.82. The third-order valence-corrected chi connectivity index (χ3v) is 6.89. The van der Waals surface area contributed by atoms with Crippen LogP contribution in [0.5, 0.6) is 0 Å². The number of thioether (sulfide) groups is 1. The van der Waals surface area contributed by atoms with E-state index < -0.39 is 36.2 Å². The third-order valence-electron chi connectivity index (χ3n) is 5.76. The molecule has 2 atom stereocenters. The van der Waals surface area contributed by atoms with Gasteiger partial charge in [0.05, 0.1) is 0 Å². The maximum absolute atomic E-state index is 12.5. The lowest BCUT2D eigenvalue weighted by Crippen LogP contribution is -2.46. The zero-order valence-electron chi connectivity index (χ0n) is 21.2. The molecule has 39 heavy (non-hydrogen) atoms. The van der Waals surface area contributed by atoms with Crippen LogP contribution in [-0.2, 0) is 23.8 Å². The molecule has 0 fully saturated rings. The molecule has 10 nitrogen and oxygen atoms in total. The average Bonchev–Trinajstić information content (AvgIpc) is 3.26. The molecule has 0 bridgehead atoms. The molecule has 3 N–H and O–H groups in total. The first kappa shape index (κ1) is 29.3. The number of hydrogen-bond acceptors (Lipinski definition) is 8. The lowest BCUT2D eigenvalue weighted by Gasteiger charge is -2.19. The molecule has 0 aliphatic heterocycles. The maximum atomic E-state index is 12.5. The monoisotopic (exact) mass is 554 g/mol. The Morgan fingerprint density at radius 2 is 1.33 bits per heavy atom. The Bertz CT molecular complexity index is 1170. The van der Waals surface area contributed by atoms with Gasteiger partial charge >= 0.3 is 24.1 Å². The average molecular weight is 555 g/mol. The molecular formula is C28H30N2O8S. The van der Waals surface area contributed by atoms with E-state index in [1.807, 2.05) is 48.5 Å². The molecule has 0 saturated heterocycles. The van der Waals surface area contributed by atoms with Crippen molar-refractivity contribution in [1.82, 2.24) is 10.6 Å². The van der Waals surface area contributed by atoms with Crippen LogP contribution in [0.4, 0.5) is 9.59 Å². The molecule has 0 radical (unpaired) electrons. The molecule has 0 spiro atoms. The Labute approximate surface area is 230 Å². The Hall–Kier alpha value is -4.25. The van der Waals surface area contributed by atoms with E-state index in [4.69, 9.17) is 14.2 Å². The zero-order valence-corrected chi connectivity index (χ0v) is 22.0. The van der Waals surface area contributed by atoms with E-state index in [2.05, 4.69) is 23.8 Å².